The summed E-state index contributed by atoms with van der Waals surface area (Å²) in [6.45, 7) is 20.7. The van der Waals surface area contributed by atoms with Gasteiger partial charge in [-0.1, -0.05) is 84.3 Å². The van der Waals surface area contributed by atoms with Gasteiger partial charge in [-0.05, 0) is 86.9 Å². The van der Waals surface area contributed by atoms with Gasteiger partial charge in [0.25, 0.3) is 5.91 Å². The molecule has 4 aliphatic rings. The average Bonchev–Trinajstić information content (AvgIpc) is 4.01. The van der Waals surface area contributed by atoms with Crippen LogP contribution in [0, 0.1) is 34.5 Å². The number of amides is 4. The van der Waals surface area contributed by atoms with E-state index in [9.17, 15) is 29.5 Å². The van der Waals surface area contributed by atoms with E-state index in [0.29, 0.717) is 21.9 Å². The third-order valence-corrected chi connectivity index (χ3v) is 16.8. The van der Waals surface area contributed by atoms with Gasteiger partial charge in [-0.25, -0.2) is 4.98 Å². The van der Waals surface area contributed by atoms with Crippen molar-refractivity contribution in [1.29, 1.82) is 5.26 Å². The van der Waals surface area contributed by atoms with Crippen LogP contribution in [-0.4, -0.2) is 129 Å². The third kappa shape index (κ3) is 11.2. The van der Waals surface area contributed by atoms with Gasteiger partial charge in [0, 0.05) is 73.0 Å². The summed E-state index contributed by atoms with van der Waals surface area (Å²) in [7, 11) is 0. The van der Waals surface area contributed by atoms with Crippen molar-refractivity contribution in [2.75, 3.05) is 32.7 Å². The van der Waals surface area contributed by atoms with Crippen molar-refractivity contribution in [2.45, 2.75) is 143 Å². The Morgan fingerprint density at radius 2 is 1.67 bits per heavy atom. The zero-order valence-corrected chi connectivity index (χ0v) is 44.6. The fourth-order valence-electron chi connectivity index (χ4n) is 11.9. The molecule has 6 atom stereocenters. The number of nitrogens with zero attached hydrogens (tertiary/aromatic N) is 6. The summed E-state index contributed by atoms with van der Waals surface area (Å²) in [4.78, 5) is 71.9. The highest BCUT2D eigenvalue weighted by molar-refractivity contribution is 7.13. The van der Waals surface area contributed by atoms with Crippen molar-refractivity contribution in [3.8, 4) is 22.3 Å². The summed E-state index contributed by atoms with van der Waals surface area (Å²) in [5.41, 5.74) is 5.13. The Morgan fingerprint density at radius 3 is 2.26 bits per heavy atom. The van der Waals surface area contributed by atoms with Crippen molar-refractivity contribution in [2.24, 2.45) is 16.2 Å². The van der Waals surface area contributed by atoms with Crippen LogP contribution < -0.4 is 20.7 Å². The molecule has 4 aromatic rings. The van der Waals surface area contributed by atoms with Crippen LogP contribution in [0.1, 0.15) is 120 Å². The van der Waals surface area contributed by atoms with Gasteiger partial charge in [0.05, 0.1) is 50.9 Å². The standard InChI is InChI=1S/C55H70ClN9O6S/c1-32(34-12-14-35(15-13-34)46-33(2)59-31-72-46)60-49(69)44-23-41(66)29-65(44)50(70)47(53(3,4)5)61-45(67)30-64-39-19-20-40(64)28-63(27-39)22-10-11-38-18-16-37(26-58-38)48(68)62-51-54(6,7)52(55(51,8)9)71-42-21-17-36(25-57)43(56)24-42/h12-18,21,24,26,31-32,39-41,44,47,51-52,66H,10-11,19-20,22-23,27-30H2,1-9H3,(H,60,69)(H,61,67)(H,62,68)/t32-,39-,40-,41+,44-,47+,51?,52?/m0/s1. The summed E-state index contributed by atoms with van der Waals surface area (Å²) < 4.78 is 6.38. The van der Waals surface area contributed by atoms with Gasteiger partial charge in [0.15, 0.2) is 0 Å². The maximum atomic E-state index is 14.4. The summed E-state index contributed by atoms with van der Waals surface area (Å²) >= 11 is 7.85. The molecule has 3 aliphatic heterocycles. The molecule has 4 fully saturated rings. The molecule has 1 aliphatic carbocycles. The SMILES string of the molecule is Cc1ncsc1-c1ccc([C@H](C)NC(=O)[C@@H]2C[C@@H](O)CN2C(=O)[C@@H](NC(=O)CN2[C@H]3CC[C@H]2CN(CCCc2ccc(C(=O)NC4C(C)(C)C(Oc5ccc(C#N)c(Cl)c5)C4(C)C)cn2)C3)C(C)(C)C)cc1. The molecular formula is C55H70ClN9O6S. The largest absolute Gasteiger partial charge is 0.489 e. The van der Waals surface area contributed by atoms with E-state index >= 15 is 0 Å². The fraction of sp³-hybridized carbons (Fsp3) is 0.545. The van der Waals surface area contributed by atoms with E-state index in [4.69, 9.17) is 16.3 Å². The third-order valence-electron chi connectivity index (χ3n) is 15.5. The van der Waals surface area contributed by atoms with Gasteiger partial charge in [-0.3, -0.25) is 29.1 Å². The zero-order valence-electron chi connectivity index (χ0n) is 43.0. The number of fused-ring (bicyclic) bond motifs is 2. The number of benzene rings is 2. The lowest BCUT2D eigenvalue weighted by atomic mass is 9.49. The molecule has 4 amide bonds. The quantitative estimate of drug-likeness (QED) is 0.0895. The number of rotatable bonds is 16. The highest BCUT2D eigenvalue weighted by Crippen LogP contribution is 2.55. The molecule has 15 nitrogen and oxygen atoms in total. The van der Waals surface area contributed by atoms with Crippen molar-refractivity contribution >= 4 is 46.6 Å². The second-order valence-corrected chi connectivity index (χ2v) is 23.9. The molecule has 2 aromatic carbocycles. The van der Waals surface area contributed by atoms with E-state index in [2.05, 4.69) is 69.5 Å². The Labute approximate surface area is 433 Å². The number of carbonyl (C=O) groups is 4. The van der Waals surface area contributed by atoms with Crippen molar-refractivity contribution in [3.05, 3.63) is 99.4 Å². The van der Waals surface area contributed by atoms with Gasteiger partial charge in [0.2, 0.25) is 17.7 Å². The van der Waals surface area contributed by atoms with Gasteiger partial charge in [-0.2, -0.15) is 5.26 Å². The number of piperazine rings is 1. The Hall–Kier alpha value is -5.44. The van der Waals surface area contributed by atoms with E-state index in [1.807, 2.05) is 76.5 Å². The van der Waals surface area contributed by atoms with E-state index in [1.54, 1.807) is 35.7 Å². The lowest BCUT2D eigenvalue weighted by molar-refractivity contribution is -0.164. The monoisotopic (exact) mass is 1020 g/mol. The first kappa shape index (κ1) is 52.9. The number of nitrogens with one attached hydrogen (secondary N) is 3. The second-order valence-electron chi connectivity index (χ2n) is 22.6. The Kier molecular flexibility index (Phi) is 15.6. The molecular weight excluding hydrogens is 950 g/mol. The maximum absolute atomic E-state index is 14.4. The number of likely N-dealkylation sites (tertiary alicyclic amines) is 2. The molecule has 8 rings (SSSR count). The minimum absolute atomic E-state index is 0.0111. The predicted octanol–water partition coefficient (Wildman–Crippen LogP) is 7.10. The number of ether oxygens (including phenoxy) is 1. The van der Waals surface area contributed by atoms with Crippen LogP contribution in [0.4, 0.5) is 0 Å². The Bertz CT molecular complexity index is 2650. The van der Waals surface area contributed by atoms with E-state index < -0.39 is 23.6 Å². The molecule has 0 spiro atoms. The number of pyridine rings is 1. The minimum atomic E-state index is -0.903. The number of aliphatic hydroxyl groups excluding tert-OH is 1. The molecule has 384 valence electrons. The fourth-order valence-corrected chi connectivity index (χ4v) is 12.9. The number of aliphatic hydroxyl groups is 1. The zero-order chi connectivity index (χ0) is 51.9. The highest BCUT2D eigenvalue weighted by Gasteiger charge is 2.64. The Morgan fingerprint density at radius 1 is 0.972 bits per heavy atom. The van der Waals surface area contributed by atoms with Gasteiger partial charge < -0.3 is 35.6 Å². The van der Waals surface area contributed by atoms with Crippen LogP contribution in [0.15, 0.2) is 66.3 Å². The first-order chi connectivity index (χ1) is 34.0. The summed E-state index contributed by atoms with van der Waals surface area (Å²) in [6, 6.07) is 17.0. The highest BCUT2D eigenvalue weighted by atomic mass is 35.5. The average molecular weight is 1020 g/mol. The summed E-state index contributed by atoms with van der Waals surface area (Å²) in [5.74, 6) is -0.551. The molecule has 3 saturated heterocycles. The van der Waals surface area contributed by atoms with Crippen LogP contribution in [0.5, 0.6) is 5.75 Å². The number of hydrogen-bond donors (Lipinski definition) is 4. The molecule has 17 heteroatoms. The van der Waals surface area contributed by atoms with E-state index in [1.165, 1.54) is 4.90 Å². The number of aromatic nitrogens is 2. The van der Waals surface area contributed by atoms with Crippen molar-refractivity contribution in [3.63, 3.8) is 0 Å². The summed E-state index contributed by atoms with van der Waals surface area (Å²) in [6.07, 6.45) is 4.34. The van der Waals surface area contributed by atoms with Crippen LogP contribution >= 0.6 is 22.9 Å². The Balaban J connectivity index is 0.790. The number of hydrogen-bond acceptors (Lipinski definition) is 12. The van der Waals surface area contributed by atoms with Crippen LogP contribution in [-0.2, 0) is 20.8 Å². The van der Waals surface area contributed by atoms with Crippen LogP contribution in [0.2, 0.25) is 5.02 Å². The van der Waals surface area contributed by atoms with Crippen LogP contribution in [0.3, 0.4) is 0 Å². The van der Waals surface area contributed by atoms with E-state index in [-0.39, 0.29) is 84.2 Å². The molecule has 2 bridgehead atoms. The summed E-state index contributed by atoms with van der Waals surface area (Å²) in [5, 5.41) is 29.8. The number of aryl methyl sites for hydroxylation is 2. The lowest BCUT2D eigenvalue weighted by Crippen LogP contribution is -2.74. The predicted molar refractivity (Wildman–Crippen MR) is 278 cm³/mol. The van der Waals surface area contributed by atoms with Crippen molar-refractivity contribution in [1.82, 2.24) is 40.6 Å². The van der Waals surface area contributed by atoms with E-state index in [0.717, 1.165) is 72.7 Å². The normalized spacial score (nSPS) is 24.4. The molecule has 2 aromatic heterocycles. The number of β-amino-alcohol motifs (C(OH)–C–C–N with tert-alkyl or cyclic N) is 1. The molecule has 0 unspecified atom stereocenters. The molecule has 0 radical (unpaired) electrons. The molecule has 4 N–H and O–H groups in total. The molecule has 5 heterocycles. The smallest absolute Gasteiger partial charge is 0.253 e. The molecule has 72 heavy (non-hydrogen) atoms. The number of thiazole rings is 1. The molecule has 1 saturated carbocycles. The number of nitriles is 1. The topological polar surface area (TPSA) is 193 Å². The maximum Gasteiger partial charge on any atom is 0.253 e. The van der Waals surface area contributed by atoms with Gasteiger partial charge in [0.1, 0.15) is 30.0 Å². The lowest BCUT2D eigenvalue weighted by Gasteiger charge is -2.63. The first-order valence-electron chi connectivity index (χ1n) is 25.2. The first-order valence-corrected chi connectivity index (χ1v) is 26.5. The second kappa shape index (κ2) is 21.2. The van der Waals surface area contributed by atoms with Crippen molar-refractivity contribution < 1.29 is 29.0 Å². The van der Waals surface area contributed by atoms with Gasteiger partial charge in [-0.15, -0.1) is 11.3 Å². The minimum Gasteiger partial charge on any atom is -0.489 e. The van der Waals surface area contributed by atoms with Crippen LogP contribution in [0.25, 0.3) is 10.4 Å². The number of carbonyl (C=O) groups excluding carboxylic acids is 4. The van der Waals surface area contributed by atoms with Gasteiger partial charge >= 0.3 is 0 Å². The number of halogens is 1.